The van der Waals surface area contributed by atoms with Gasteiger partial charge in [0.1, 0.15) is 16.3 Å². The van der Waals surface area contributed by atoms with Gasteiger partial charge in [-0.05, 0) is 43.5 Å². The number of aromatic nitrogens is 3. The van der Waals surface area contributed by atoms with E-state index in [0.717, 1.165) is 18.4 Å². The summed E-state index contributed by atoms with van der Waals surface area (Å²) in [4.78, 5) is 19.6. The zero-order chi connectivity index (χ0) is 20.5. The number of rotatable bonds is 4. The van der Waals surface area contributed by atoms with E-state index in [4.69, 9.17) is 27.9 Å². The normalized spacial score (nSPS) is 16.3. The van der Waals surface area contributed by atoms with Gasteiger partial charge in [-0.2, -0.15) is 5.10 Å². The third-order valence-electron chi connectivity index (χ3n) is 5.09. The van der Waals surface area contributed by atoms with E-state index >= 15 is 0 Å². The van der Waals surface area contributed by atoms with Crippen LogP contribution in [0.2, 0.25) is 10.0 Å². The fourth-order valence-corrected chi connectivity index (χ4v) is 4.07. The third-order valence-corrected chi connectivity index (χ3v) is 5.89. The minimum absolute atomic E-state index is 0.0154. The number of carbonyl (C=O) groups is 1. The molecule has 0 radical (unpaired) electrons. The first-order chi connectivity index (χ1) is 14.0. The van der Waals surface area contributed by atoms with Crippen LogP contribution < -0.4 is 4.74 Å². The van der Waals surface area contributed by atoms with Gasteiger partial charge >= 0.3 is 0 Å². The van der Waals surface area contributed by atoms with E-state index < -0.39 is 0 Å². The van der Waals surface area contributed by atoms with Crippen molar-refractivity contribution < 1.29 is 9.53 Å². The number of carbonyl (C=O) groups excluding carboxylic acids is 1. The van der Waals surface area contributed by atoms with Crippen LogP contribution in [-0.4, -0.2) is 32.1 Å². The molecular formula is C21H20Cl2N4O2. The Labute approximate surface area is 179 Å². The largest absolute Gasteiger partial charge is 0.437 e. The number of halogens is 2. The number of likely N-dealkylation sites (tertiary alicyclic amines) is 1. The molecule has 29 heavy (non-hydrogen) atoms. The Morgan fingerprint density at radius 2 is 2.07 bits per heavy atom. The molecule has 1 aromatic carbocycles. The van der Waals surface area contributed by atoms with E-state index in [1.165, 1.54) is 0 Å². The molecule has 1 atom stereocenters. The lowest BCUT2D eigenvalue weighted by Crippen LogP contribution is -2.31. The molecule has 1 unspecified atom stereocenters. The van der Waals surface area contributed by atoms with Crippen molar-refractivity contribution in [2.75, 3.05) is 6.54 Å². The van der Waals surface area contributed by atoms with Crippen molar-refractivity contribution in [3.05, 3.63) is 69.6 Å². The molecule has 1 amide bonds. The molecule has 3 heterocycles. The first kappa shape index (κ1) is 19.7. The first-order valence-electron chi connectivity index (χ1n) is 9.33. The number of hydrogen-bond donors (Lipinski definition) is 0. The molecule has 2 aromatic heterocycles. The number of nitrogens with zero attached hydrogens (tertiary/aromatic N) is 4. The summed E-state index contributed by atoms with van der Waals surface area (Å²) in [6, 6.07) is 9.01. The van der Waals surface area contributed by atoms with Crippen LogP contribution in [-0.2, 0) is 7.05 Å². The van der Waals surface area contributed by atoms with Crippen molar-refractivity contribution in [2.24, 2.45) is 7.05 Å². The average Bonchev–Trinajstić information content (AvgIpc) is 3.30. The van der Waals surface area contributed by atoms with Crippen molar-refractivity contribution in [3.63, 3.8) is 0 Å². The fraction of sp³-hybridized carbons (Fsp3) is 0.286. The lowest BCUT2D eigenvalue weighted by atomic mass is 10.1. The number of benzene rings is 1. The highest BCUT2D eigenvalue weighted by molar-refractivity contribution is 6.42. The molecule has 3 aromatic rings. The second-order valence-corrected chi connectivity index (χ2v) is 7.77. The van der Waals surface area contributed by atoms with Gasteiger partial charge in [0.2, 0.25) is 5.88 Å². The summed E-state index contributed by atoms with van der Waals surface area (Å²) in [6.45, 7) is 2.47. The molecule has 0 saturated carbocycles. The quantitative estimate of drug-likeness (QED) is 0.570. The van der Waals surface area contributed by atoms with Gasteiger partial charge in [-0.25, -0.2) is 4.68 Å². The number of amides is 1. The van der Waals surface area contributed by atoms with Gasteiger partial charge in [-0.15, -0.1) is 0 Å². The highest BCUT2D eigenvalue weighted by Gasteiger charge is 2.35. The Hall–Kier alpha value is -2.57. The van der Waals surface area contributed by atoms with Crippen LogP contribution >= 0.6 is 23.2 Å². The first-order valence-corrected chi connectivity index (χ1v) is 10.1. The zero-order valence-corrected chi connectivity index (χ0v) is 17.6. The standard InChI is InChI=1S/C21H20Cl2N4O2/c1-13-18(20(28)27-11-5-8-16(27)14-6-4-10-24-12-14)21(26(2)25-13)29-17-9-3-7-15(22)19(17)23/h3-4,6-7,9-10,12,16H,5,8,11H2,1-2H3. The van der Waals surface area contributed by atoms with Gasteiger partial charge in [0.15, 0.2) is 0 Å². The molecule has 0 N–H and O–H groups in total. The van der Waals surface area contributed by atoms with Crippen molar-refractivity contribution in [3.8, 4) is 11.6 Å². The molecule has 0 bridgehead atoms. The molecule has 6 nitrogen and oxygen atoms in total. The van der Waals surface area contributed by atoms with Gasteiger partial charge in [0.05, 0.1) is 16.8 Å². The van der Waals surface area contributed by atoms with Crippen molar-refractivity contribution in [1.82, 2.24) is 19.7 Å². The summed E-state index contributed by atoms with van der Waals surface area (Å²) in [6.07, 6.45) is 5.38. The van der Waals surface area contributed by atoms with Crippen LogP contribution in [0.15, 0.2) is 42.7 Å². The average molecular weight is 431 g/mol. The van der Waals surface area contributed by atoms with Gasteiger partial charge in [-0.3, -0.25) is 9.78 Å². The molecule has 4 rings (SSSR count). The molecular weight excluding hydrogens is 411 g/mol. The van der Waals surface area contributed by atoms with E-state index in [0.29, 0.717) is 39.5 Å². The maximum atomic E-state index is 13.5. The second-order valence-electron chi connectivity index (χ2n) is 6.99. The maximum absolute atomic E-state index is 13.5. The number of ether oxygens (including phenoxy) is 1. The Kier molecular flexibility index (Phi) is 5.48. The Bertz CT molecular complexity index is 1050. The van der Waals surface area contributed by atoms with Gasteiger partial charge in [0.25, 0.3) is 5.91 Å². The lowest BCUT2D eigenvalue weighted by Gasteiger charge is -2.25. The van der Waals surface area contributed by atoms with Crippen LogP contribution in [0.3, 0.4) is 0 Å². The van der Waals surface area contributed by atoms with Gasteiger partial charge < -0.3 is 9.64 Å². The fourth-order valence-electron chi connectivity index (χ4n) is 3.74. The number of hydrogen-bond acceptors (Lipinski definition) is 4. The maximum Gasteiger partial charge on any atom is 0.261 e. The molecule has 0 spiro atoms. The highest BCUT2D eigenvalue weighted by Crippen LogP contribution is 2.38. The summed E-state index contributed by atoms with van der Waals surface area (Å²) < 4.78 is 7.57. The molecule has 1 aliphatic rings. The Morgan fingerprint density at radius 3 is 2.83 bits per heavy atom. The van der Waals surface area contributed by atoms with Crippen LogP contribution in [0.25, 0.3) is 0 Å². The summed E-state index contributed by atoms with van der Waals surface area (Å²) in [7, 11) is 1.74. The molecule has 1 saturated heterocycles. The van der Waals surface area contributed by atoms with Crippen LogP contribution in [0.4, 0.5) is 0 Å². The minimum Gasteiger partial charge on any atom is -0.437 e. The SMILES string of the molecule is Cc1nn(C)c(Oc2cccc(Cl)c2Cl)c1C(=O)N1CCCC1c1cccnc1. The van der Waals surface area contributed by atoms with E-state index in [1.807, 2.05) is 23.2 Å². The van der Waals surface area contributed by atoms with Crippen LogP contribution in [0.5, 0.6) is 11.6 Å². The van der Waals surface area contributed by atoms with E-state index in [-0.39, 0.29) is 11.9 Å². The second kappa shape index (κ2) is 8.05. The molecule has 150 valence electrons. The number of pyridine rings is 1. The summed E-state index contributed by atoms with van der Waals surface area (Å²) in [5, 5.41) is 5.08. The molecule has 0 aliphatic carbocycles. The van der Waals surface area contributed by atoms with Gasteiger partial charge in [-0.1, -0.05) is 35.3 Å². The van der Waals surface area contributed by atoms with E-state index in [9.17, 15) is 4.79 Å². The highest BCUT2D eigenvalue weighted by atomic mass is 35.5. The molecule has 1 fully saturated rings. The van der Waals surface area contributed by atoms with Crippen LogP contribution in [0.1, 0.15) is 40.5 Å². The lowest BCUT2D eigenvalue weighted by molar-refractivity contribution is 0.0732. The summed E-state index contributed by atoms with van der Waals surface area (Å²) in [5.41, 5.74) is 2.06. The Morgan fingerprint density at radius 1 is 1.24 bits per heavy atom. The third kappa shape index (κ3) is 3.70. The van der Waals surface area contributed by atoms with Crippen LogP contribution in [0, 0.1) is 6.92 Å². The zero-order valence-electron chi connectivity index (χ0n) is 16.1. The molecule has 8 heteroatoms. The molecule has 1 aliphatic heterocycles. The topological polar surface area (TPSA) is 60.3 Å². The van der Waals surface area contributed by atoms with E-state index in [2.05, 4.69) is 10.1 Å². The van der Waals surface area contributed by atoms with E-state index in [1.54, 1.807) is 43.0 Å². The van der Waals surface area contributed by atoms with Crippen molar-refractivity contribution >= 4 is 29.1 Å². The predicted molar refractivity (Wildman–Crippen MR) is 112 cm³/mol. The van der Waals surface area contributed by atoms with Crippen molar-refractivity contribution in [2.45, 2.75) is 25.8 Å². The predicted octanol–water partition coefficient (Wildman–Crippen LogP) is 5.20. The Balaban J connectivity index is 1.70. The summed E-state index contributed by atoms with van der Waals surface area (Å²) in [5.74, 6) is 0.602. The minimum atomic E-state index is -0.116. The number of aryl methyl sites for hydroxylation is 2. The van der Waals surface area contributed by atoms with Crippen molar-refractivity contribution in [1.29, 1.82) is 0 Å². The van der Waals surface area contributed by atoms with Gasteiger partial charge in [0, 0.05) is 26.0 Å². The summed E-state index contributed by atoms with van der Waals surface area (Å²) >= 11 is 12.4. The monoisotopic (exact) mass is 430 g/mol. The smallest absolute Gasteiger partial charge is 0.261 e.